The molecule has 0 radical (unpaired) electrons. The number of nitrogens with zero attached hydrogens (tertiary/aromatic N) is 3. The highest BCUT2D eigenvalue weighted by Crippen LogP contribution is 2.37. The van der Waals surface area contributed by atoms with Crippen molar-refractivity contribution in [3.63, 3.8) is 0 Å². The molecular weight excluding hydrogens is 480 g/mol. The van der Waals surface area contributed by atoms with Crippen molar-refractivity contribution in [2.45, 2.75) is 44.1 Å². The minimum absolute atomic E-state index is 0.0137. The van der Waals surface area contributed by atoms with Crippen molar-refractivity contribution in [3.8, 4) is 11.4 Å². The van der Waals surface area contributed by atoms with Crippen LogP contribution in [0.15, 0.2) is 47.0 Å². The molecule has 1 unspecified atom stereocenters. The van der Waals surface area contributed by atoms with E-state index in [-0.39, 0.29) is 35.7 Å². The summed E-state index contributed by atoms with van der Waals surface area (Å²) in [6.07, 6.45) is -9.21. The quantitative estimate of drug-likeness (QED) is 0.413. The lowest BCUT2D eigenvalue weighted by Gasteiger charge is -2.17. The maximum atomic E-state index is 13.8. The average Bonchev–Trinajstić information content (AvgIpc) is 3.46. The maximum Gasteiger partial charge on any atom is 0.416 e. The minimum atomic E-state index is -4.69. The van der Waals surface area contributed by atoms with Gasteiger partial charge in [0.05, 0.1) is 11.1 Å². The fourth-order valence-corrected chi connectivity index (χ4v) is 4.08. The Bertz CT molecular complexity index is 1200. The molecule has 1 amide bonds. The first-order valence-corrected chi connectivity index (χ1v) is 10.6. The summed E-state index contributed by atoms with van der Waals surface area (Å²) in [7, 11) is 0. The molecule has 0 saturated carbocycles. The highest BCUT2D eigenvalue weighted by atomic mass is 19.4. The second-order valence-corrected chi connectivity index (χ2v) is 8.15. The highest BCUT2D eigenvalue weighted by Gasteiger charge is 2.36. The van der Waals surface area contributed by atoms with Crippen LogP contribution in [0.2, 0.25) is 0 Å². The summed E-state index contributed by atoms with van der Waals surface area (Å²) >= 11 is 0. The Morgan fingerprint density at radius 2 is 1.74 bits per heavy atom. The van der Waals surface area contributed by atoms with Crippen molar-refractivity contribution < 1.29 is 40.8 Å². The number of hydrogen-bond acceptors (Lipinski definition) is 4. The van der Waals surface area contributed by atoms with Crippen molar-refractivity contribution in [2.24, 2.45) is 0 Å². The van der Waals surface area contributed by atoms with Gasteiger partial charge in [-0.1, -0.05) is 29.4 Å². The molecular formula is C23H19F6N3O3. The van der Waals surface area contributed by atoms with Crippen LogP contribution >= 0.6 is 0 Å². The van der Waals surface area contributed by atoms with Crippen molar-refractivity contribution >= 4 is 6.09 Å². The molecule has 2 aromatic carbocycles. The van der Waals surface area contributed by atoms with E-state index >= 15 is 0 Å². The Balaban J connectivity index is 1.55. The molecule has 0 bridgehead atoms. The van der Waals surface area contributed by atoms with Gasteiger partial charge in [0.15, 0.2) is 0 Å². The van der Waals surface area contributed by atoms with Gasteiger partial charge in [-0.2, -0.15) is 31.3 Å². The van der Waals surface area contributed by atoms with Crippen LogP contribution in [0.25, 0.3) is 11.4 Å². The van der Waals surface area contributed by atoms with Crippen LogP contribution in [0.3, 0.4) is 0 Å². The van der Waals surface area contributed by atoms with Gasteiger partial charge in [-0.25, -0.2) is 4.79 Å². The first kappa shape index (κ1) is 24.6. The number of alkyl halides is 6. The van der Waals surface area contributed by atoms with E-state index in [4.69, 9.17) is 4.52 Å². The van der Waals surface area contributed by atoms with Crippen LogP contribution in [0.1, 0.15) is 47.0 Å². The zero-order valence-corrected chi connectivity index (χ0v) is 18.0. The number of amides is 1. The minimum Gasteiger partial charge on any atom is -0.465 e. The van der Waals surface area contributed by atoms with Crippen LogP contribution in [0.4, 0.5) is 31.1 Å². The molecule has 0 aliphatic carbocycles. The first-order chi connectivity index (χ1) is 16.4. The third-order valence-corrected chi connectivity index (χ3v) is 5.86. The first-order valence-electron chi connectivity index (χ1n) is 10.6. The molecule has 1 aliphatic heterocycles. The second kappa shape index (κ2) is 9.23. The van der Waals surface area contributed by atoms with E-state index in [1.165, 1.54) is 24.3 Å². The van der Waals surface area contributed by atoms with Gasteiger partial charge in [0, 0.05) is 12.1 Å². The molecule has 1 saturated heterocycles. The van der Waals surface area contributed by atoms with E-state index in [2.05, 4.69) is 10.1 Å². The Labute approximate surface area is 195 Å². The predicted molar refractivity (Wildman–Crippen MR) is 110 cm³/mol. The van der Waals surface area contributed by atoms with Gasteiger partial charge in [-0.05, 0) is 55.0 Å². The average molecular weight is 499 g/mol. The van der Waals surface area contributed by atoms with Crippen molar-refractivity contribution in [2.75, 3.05) is 6.54 Å². The van der Waals surface area contributed by atoms with Gasteiger partial charge >= 0.3 is 18.4 Å². The Kier molecular flexibility index (Phi) is 6.48. The lowest BCUT2D eigenvalue weighted by molar-refractivity contribution is -0.138. The molecule has 4 rings (SSSR count). The van der Waals surface area contributed by atoms with E-state index in [0.717, 1.165) is 23.1 Å². The van der Waals surface area contributed by atoms with Crippen LogP contribution in [0.5, 0.6) is 0 Å². The van der Waals surface area contributed by atoms with E-state index in [1.807, 2.05) is 0 Å². The Hall–Kier alpha value is -3.57. The number of rotatable bonds is 5. The van der Waals surface area contributed by atoms with Gasteiger partial charge in [0.1, 0.15) is 6.04 Å². The molecule has 6 nitrogen and oxygen atoms in total. The summed E-state index contributed by atoms with van der Waals surface area (Å²) in [5.41, 5.74) is -1.26. The van der Waals surface area contributed by atoms with E-state index in [1.54, 1.807) is 0 Å². The fourth-order valence-electron chi connectivity index (χ4n) is 4.08. The number of carboxylic acid groups (broad SMARTS) is 1. The van der Waals surface area contributed by atoms with Gasteiger partial charge < -0.3 is 9.63 Å². The number of aromatic nitrogens is 2. The lowest BCUT2D eigenvalue weighted by atomic mass is 9.97. The third kappa shape index (κ3) is 5.41. The van der Waals surface area contributed by atoms with Crippen molar-refractivity contribution in [3.05, 3.63) is 70.6 Å². The molecule has 1 aromatic heterocycles. The Morgan fingerprint density at radius 1 is 1.03 bits per heavy atom. The zero-order valence-electron chi connectivity index (χ0n) is 18.0. The van der Waals surface area contributed by atoms with Crippen molar-refractivity contribution in [1.29, 1.82) is 0 Å². The topological polar surface area (TPSA) is 79.5 Å². The number of halogens is 6. The maximum absolute atomic E-state index is 13.8. The monoisotopic (exact) mass is 499 g/mol. The van der Waals surface area contributed by atoms with Gasteiger partial charge in [0.2, 0.25) is 11.7 Å². The SMILES string of the molecule is O=C(O)N1CCCC1c1nc(-c2ccc(CCc3ccc(C(F)(F)F)cc3)c(C(F)(F)F)c2)no1. The molecule has 186 valence electrons. The predicted octanol–water partition coefficient (Wildman–Crippen LogP) is 6.37. The smallest absolute Gasteiger partial charge is 0.416 e. The van der Waals surface area contributed by atoms with E-state index < -0.39 is 35.6 Å². The summed E-state index contributed by atoms with van der Waals surface area (Å²) in [5.74, 6) is -0.0862. The number of aryl methyl sites for hydroxylation is 2. The summed E-state index contributed by atoms with van der Waals surface area (Å²) < 4.78 is 84.6. The number of likely N-dealkylation sites (tertiary alicyclic amines) is 1. The molecule has 1 atom stereocenters. The number of benzene rings is 2. The van der Waals surface area contributed by atoms with Gasteiger partial charge in [-0.3, -0.25) is 4.90 Å². The summed E-state index contributed by atoms with van der Waals surface area (Å²) in [4.78, 5) is 16.6. The normalized spacial score (nSPS) is 16.6. The van der Waals surface area contributed by atoms with Crippen LogP contribution < -0.4 is 0 Å². The van der Waals surface area contributed by atoms with Crippen molar-refractivity contribution in [1.82, 2.24) is 15.0 Å². The summed E-state index contributed by atoms with van der Waals surface area (Å²) in [5, 5.41) is 13.0. The fraction of sp³-hybridized carbons (Fsp3) is 0.348. The van der Waals surface area contributed by atoms with Gasteiger partial charge in [-0.15, -0.1) is 0 Å². The number of hydrogen-bond donors (Lipinski definition) is 1. The number of carbonyl (C=O) groups is 1. The zero-order chi connectivity index (χ0) is 25.4. The largest absolute Gasteiger partial charge is 0.465 e. The lowest BCUT2D eigenvalue weighted by Crippen LogP contribution is -2.28. The van der Waals surface area contributed by atoms with Gasteiger partial charge in [0.25, 0.3) is 0 Å². The standard InChI is InChI=1S/C23H19F6N3O3/c24-22(25,26)16-9-4-13(5-10-16)3-6-14-7-8-15(12-17(14)23(27,28)29)19-30-20(35-31-19)18-2-1-11-32(18)21(33)34/h4-5,7-10,12,18H,1-3,6,11H2,(H,33,34). The molecule has 0 spiro atoms. The molecule has 35 heavy (non-hydrogen) atoms. The molecule has 3 aromatic rings. The third-order valence-electron chi connectivity index (χ3n) is 5.86. The molecule has 12 heteroatoms. The van der Waals surface area contributed by atoms with E-state index in [9.17, 15) is 36.2 Å². The molecule has 2 heterocycles. The highest BCUT2D eigenvalue weighted by molar-refractivity contribution is 5.66. The summed E-state index contributed by atoms with van der Waals surface area (Å²) in [6, 6.07) is 7.19. The Morgan fingerprint density at radius 3 is 2.37 bits per heavy atom. The van der Waals surface area contributed by atoms with E-state index in [0.29, 0.717) is 24.9 Å². The van der Waals surface area contributed by atoms with Crippen LogP contribution in [-0.2, 0) is 25.2 Å². The molecule has 1 N–H and O–H groups in total. The molecule has 1 fully saturated rings. The van der Waals surface area contributed by atoms with Crippen LogP contribution in [-0.4, -0.2) is 32.8 Å². The second-order valence-electron chi connectivity index (χ2n) is 8.15. The summed E-state index contributed by atoms with van der Waals surface area (Å²) in [6.45, 7) is 0.295. The molecule has 1 aliphatic rings. The van der Waals surface area contributed by atoms with Crippen LogP contribution in [0, 0.1) is 0 Å².